The Kier molecular flexibility index (Phi) is 8.18. The van der Waals surface area contributed by atoms with E-state index in [4.69, 9.17) is 4.74 Å². The summed E-state index contributed by atoms with van der Waals surface area (Å²) >= 11 is 0. The van der Waals surface area contributed by atoms with E-state index < -0.39 is 0 Å². The first-order valence-electron chi connectivity index (χ1n) is 8.02. The lowest BCUT2D eigenvalue weighted by Gasteiger charge is -2.16. The van der Waals surface area contributed by atoms with Gasteiger partial charge in [0.1, 0.15) is 11.5 Å². The average molecular weight is 307 g/mol. The van der Waals surface area contributed by atoms with Crippen molar-refractivity contribution in [2.45, 2.75) is 40.2 Å². The number of aromatic hydroxyl groups is 1. The Morgan fingerprint density at radius 3 is 2.55 bits per heavy atom. The van der Waals surface area contributed by atoms with Gasteiger partial charge in [0.15, 0.2) is 5.96 Å². The molecule has 3 N–H and O–H groups in total. The molecule has 0 aliphatic carbocycles. The Hall–Kier alpha value is -1.91. The van der Waals surface area contributed by atoms with Crippen molar-refractivity contribution in [1.29, 1.82) is 0 Å². The molecule has 1 aromatic rings. The van der Waals surface area contributed by atoms with Crippen LogP contribution in [0.5, 0.6) is 11.5 Å². The summed E-state index contributed by atoms with van der Waals surface area (Å²) in [5.41, 5.74) is 0.749. The highest BCUT2D eigenvalue weighted by Crippen LogP contribution is 2.23. The lowest BCUT2D eigenvalue weighted by molar-refractivity contribution is 0.411. The number of phenols is 1. The zero-order valence-corrected chi connectivity index (χ0v) is 14.1. The molecule has 0 saturated carbocycles. The minimum absolute atomic E-state index is 0.236. The second kappa shape index (κ2) is 9.92. The highest BCUT2D eigenvalue weighted by atomic mass is 16.5. The number of methoxy groups -OCH3 is 1. The van der Waals surface area contributed by atoms with Crippen LogP contribution in [0.25, 0.3) is 0 Å². The number of ether oxygens (including phenoxy) is 1. The SMILES string of the molecule is CCNC(=NCc1cc(OC)ccc1O)NCC(CC)CC. The Labute approximate surface area is 133 Å². The predicted molar refractivity (Wildman–Crippen MR) is 91.5 cm³/mol. The summed E-state index contributed by atoms with van der Waals surface area (Å²) in [6, 6.07) is 5.18. The van der Waals surface area contributed by atoms with Crippen molar-refractivity contribution < 1.29 is 9.84 Å². The van der Waals surface area contributed by atoms with E-state index in [-0.39, 0.29) is 5.75 Å². The number of hydrogen-bond donors (Lipinski definition) is 3. The minimum Gasteiger partial charge on any atom is -0.508 e. The Morgan fingerprint density at radius 1 is 1.23 bits per heavy atom. The molecule has 0 bridgehead atoms. The van der Waals surface area contributed by atoms with Gasteiger partial charge in [-0.3, -0.25) is 0 Å². The molecular formula is C17H29N3O2. The Morgan fingerprint density at radius 2 is 1.95 bits per heavy atom. The maximum absolute atomic E-state index is 9.90. The van der Waals surface area contributed by atoms with Gasteiger partial charge in [0.25, 0.3) is 0 Å². The van der Waals surface area contributed by atoms with Gasteiger partial charge in [-0.25, -0.2) is 4.99 Å². The van der Waals surface area contributed by atoms with E-state index in [1.807, 2.05) is 13.0 Å². The molecule has 5 heteroatoms. The van der Waals surface area contributed by atoms with Crippen molar-refractivity contribution in [1.82, 2.24) is 10.6 Å². The van der Waals surface area contributed by atoms with E-state index in [0.717, 1.165) is 43.2 Å². The van der Waals surface area contributed by atoms with Crippen molar-refractivity contribution in [2.24, 2.45) is 10.9 Å². The molecule has 1 rings (SSSR count). The van der Waals surface area contributed by atoms with Crippen LogP contribution >= 0.6 is 0 Å². The molecule has 1 aromatic carbocycles. The van der Waals surface area contributed by atoms with E-state index in [1.54, 1.807) is 19.2 Å². The van der Waals surface area contributed by atoms with Crippen LogP contribution in [-0.2, 0) is 6.54 Å². The van der Waals surface area contributed by atoms with Gasteiger partial charge >= 0.3 is 0 Å². The zero-order valence-electron chi connectivity index (χ0n) is 14.1. The van der Waals surface area contributed by atoms with Gasteiger partial charge in [0.2, 0.25) is 0 Å². The molecular weight excluding hydrogens is 278 g/mol. The summed E-state index contributed by atoms with van der Waals surface area (Å²) in [7, 11) is 1.61. The molecule has 0 atom stereocenters. The van der Waals surface area contributed by atoms with E-state index in [0.29, 0.717) is 12.5 Å². The quantitative estimate of drug-likeness (QED) is 0.510. The fraction of sp³-hybridized carbons (Fsp3) is 0.588. The van der Waals surface area contributed by atoms with Gasteiger partial charge in [0, 0.05) is 18.7 Å². The van der Waals surface area contributed by atoms with Crippen LogP contribution in [0.3, 0.4) is 0 Å². The third-order valence-corrected chi connectivity index (χ3v) is 3.75. The fourth-order valence-electron chi connectivity index (χ4n) is 2.14. The second-order valence-corrected chi connectivity index (χ2v) is 5.25. The Balaban J connectivity index is 2.72. The molecule has 0 aliphatic rings. The highest BCUT2D eigenvalue weighted by Gasteiger charge is 2.06. The fourth-order valence-corrected chi connectivity index (χ4v) is 2.14. The summed E-state index contributed by atoms with van der Waals surface area (Å²) in [5, 5.41) is 16.5. The van der Waals surface area contributed by atoms with Gasteiger partial charge in [-0.2, -0.15) is 0 Å². The maximum atomic E-state index is 9.90. The van der Waals surface area contributed by atoms with Gasteiger partial charge in [-0.1, -0.05) is 26.7 Å². The number of nitrogens with one attached hydrogen (secondary N) is 2. The van der Waals surface area contributed by atoms with Crippen molar-refractivity contribution >= 4 is 5.96 Å². The molecule has 0 saturated heterocycles. The molecule has 0 heterocycles. The smallest absolute Gasteiger partial charge is 0.191 e. The maximum Gasteiger partial charge on any atom is 0.191 e. The number of hydrogen-bond acceptors (Lipinski definition) is 3. The minimum atomic E-state index is 0.236. The predicted octanol–water partition coefficient (Wildman–Crippen LogP) is 2.89. The molecule has 0 radical (unpaired) electrons. The number of rotatable bonds is 8. The van der Waals surface area contributed by atoms with Gasteiger partial charge < -0.3 is 20.5 Å². The van der Waals surface area contributed by atoms with Crippen molar-refractivity contribution in [3.05, 3.63) is 23.8 Å². The van der Waals surface area contributed by atoms with E-state index in [2.05, 4.69) is 29.5 Å². The molecule has 0 fully saturated rings. The first kappa shape index (κ1) is 18.1. The van der Waals surface area contributed by atoms with E-state index >= 15 is 0 Å². The molecule has 0 spiro atoms. The summed E-state index contributed by atoms with van der Waals surface area (Å²) < 4.78 is 5.18. The first-order chi connectivity index (χ1) is 10.6. The largest absolute Gasteiger partial charge is 0.508 e. The standard InChI is InChI=1S/C17H29N3O2/c1-5-13(6-2)11-19-17(18-7-3)20-12-14-10-15(22-4)8-9-16(14)21/h8-10,13,21H,5-7,11-12H2,1-4H3,(H2,18,19,20). The summed E-state index contributed by atoms with van der Waals surface area (Å²) in [6.07, 6.45) is 2.30. The average Bonchev–Trinajstić information content (AvgIpc) is 2.54. The van der Waals surface area contributed by atoms with Crippen molar-refractivity contribution in [2.75, 3.05) is 20.2 Å². The summed E-state index contributed by atoms with van der Waals surface area (Å²) in [6.45, 7) is 8.56. The number of phenolic OH excluding ortho intramolecular Hbond substituents is 1. The molecule has 22 heavy (non-hydrogen) atoms. The number of benzene rings is 1. The zero-order chi connectivity index (χ0) is 16.4. The molecule has 0 unspecified atom stereocenters. The van der Waals surface area contributed by atoms with Gasteiger partial charge in [-0.15, -0.1) is 0 Å². The van der Waals surface area contributed by atoms with E-state index in [9.17, 15) is 5.11 Å². The first-order valence-corrected chi connectivity index (χ1v) is 8.02. The lowest BCUT2D eigenvalue weighted by atomic mass is 10.0. The normalized spacial score (nSPS) is 11.6. The van der Waals surface area contributed by atoms with Crippen LogP contribution < -0.4 is 15.4 Å². The number of aliphatic imine (C=N–C) groups is 1. The molecule has 5 nitrogen and oxygen atoms in total. The molecule has 0 aliphatic heterocycles. The van der Waals surface area contributed by atoms with Crippen LogP contribution in [0.2, 0.25) is 0 Å². The van der Waals surface area contributed by atoms with Crippen molar-refractivity contribution in [3.63, 3.8) is 0 Å². The second-order valence-electron chi connectivity index (χ2n) is 5.25. The van der Waals surface area contributed by atoms with Crippen LogP contribution in [0.15, 0.2) is 23.2 Å². The highest BCUT2D eigenvalue weighted by molar-refractivity contribution is 5.79. The third-order valence-electron chi connectivity index (χ3n) is 3.75. The molecule has 0 aromatic heterocycles. The van der Waals surface area contributed by atoms with Crippen LogP contribution in [-0.4, -0.2) is 31.3 Å². The number of guanidine groups is 1. The Bertz CT molecular complexity index is 471. The lowest BCUT2D eigenvalue weighted by Crippen LogP contribution is -2.39. The van der Waals surface area contributed by atoms with Crippen LogP contribution in [0, 0.1) is 5.92 Å². The third kappa shape index (κ3) is 5.84. The summed E-state index contributed by atoms with van der Waals surface area (Å²) in [5.74, 6) is 2.38. The van der Waals surface area contributed by atoms with E-state index in [1.165, 1.54) is 0 Å². The van der Waals surface area contributed by atoms with Crippen molar-refractivity contribution in [3.8, 4) is 11.5 Å². The van der Waals surface area contributed by atoms with Crippen LogP contribution in [0.1, 0.15) is 39.2 Å². The monoisotopic (exact) mass is 307 g/mol. The number of nitrogens with zero attached hydrogens (tertiary/aromatic N) is 1. The van der Waals surface area contributed by atoms with Gasteiger partial charge in [-0.05, 0) is 31.0 Å². The molecule has 124 valence electrons. The topological polar surface area (TPSA) is 65.9 Å². The molecule has 0 amide bonds. The summed E-state index contributed by atoms with van der Waals surface area (Å²) in [4.78, 5) is 4.54. The van der Waals surface area contributed by atoms with Crippen LogP contribution in [0.4, 0.5) is 0 Å². The van der Waals surface area contributed by atoms with Gasteiger partial charge in [0.05, 0.1) is 13.7 Å².